The van der Waals surface area contributed by atoms with E-state index in [9.17, 15) is 13.2 Å². The molecule has 1 atom stereocenters. The van der Waals surface area contributed by atoms with Crippen molar-refractivity contribution < 1.29 is 17.6 Å². The quantitative estimate of drug-likeness (QED) is 0.897. The van der Waals surface area contributed by atoms with Crippen LogP contribution < -0.4 is 5.32 Å². The molecule has 0 spiro atoms. The Morgan fingerprint density at radius 2 is 1.89 bits per heavy atom. The van der Waals surface area contributed by atoms with Gasteiger partial charge in [-0.3, -0.25) is 0 Å². The molecule has 0 saturated carbocycles. The fraction of sp³-hybridized carbons (Fsp3) is 0.286. The SMILES string of the molecule is CCNC(Cc1ccoc1)c1c(F)cc(F)cc1F. The molecule has 1 N–H and O–H groups in total. The summed E-state index contributed by atoms with van der Waals surface area (Å²) in [5, 5.41) is 2.99. The zero-order chi connectivity index (χ0) is 13.8. The van der Waals surface area contributed by atoms with E-state index < -0.39 is 23.5 Å². The summed E-state index contributed by atoms with van der Waals surface area (Å²) in [4.78, 5) is 0. The first kappa shape index (κ1) is 13.7. The summed E-state index contributed by atoms with van der Waals surface area (Å²) in [5.74, 6) is -2.68. The van der Waals surface area contributed by atoms with Gasteiger partial charge < -0.3 is 9.73 Å². The van der Waals surface area contributed by atoms with E-state index in [4.69, 9.17) is 4.42 Å². The summed E-state index contributed by atoms with van der Waals surface area (Å²) in [6.07, 6.45) is 3.38. The zero-order valence-corrected chi connectivity index (χ0v) is 10.4. The molecule has 0 aliphatic rings. The zero-order valence-electron chi connectivity index (χ0n) is 10.4. The Hall–Kier alpha value is -1.75. The maximum atomic E-state index is 13.8. The molecule has 0 bridgehead atoms. The van der Waals surface area contributed by atoms with Crippen molar-refractivity contribution in [2.24, 2.45) is 0 Å². The molecule has 2 rings (SSSR count). The van der Waals surface area contributed by atoms with Gasteiger partial charge in [-0.15, -0.1) is 0 Å². The minimum atomic E-state index is -0.919. The third kappa shape index (κ3) is 3.17. The van der Waals surface area contributed by atoms with Crippen molar-refractivity contribution in [2.45, 2.75) is 19.4 Å². The Balaban J connectivity index is 2.33. The first-order valence-corrected chi connectivity index (χ1v) is 6.00. The molecule has 0 aliphatic carbocycles. The van der Waals surface area contributed by atoms with Crippen LogP contribution in [0.1, 0.15) is 24.1 Å². The van der Waals surface area contributed by atoms with Crippen molar-refractivity contribution in [3.8, 4) is 0 Å². The summed E-state index contributed by atoms with van der Waals surface area (Å²) in [7, 11) is 0. The Bertz CT molecular complexity index is 517. The summed E-state index contributed by atoms with van der Waals surface area (Å²) in [5.41, 5.74) is 0.665. The first-order chi connectivity index (χ1) is 9.11. The summed E-state index contributed by atoms with van der Waals surface area (Å²) < 4.78 is 45.4. The topological polar surface area (TPSA) is 25.2 Å². The van der Waals surface area contributed by atoms with Gasteiger partial charge in [-0.2, -0.15) is 0 Å². The Kier molecular flexibility index (Phi) is 4.27. The molecule has 2 nitrogen and oxygen atoms in total. The van der Waals surface area contributed by atoms with Crippen LogP contribution >= 0.6 is 0 Å². The van der Waals surface area contributed by atoms with Crippen molar-refractivity contribution in [3.05, 3.63) is 59.3 Å². The predicted octanol–water partition coefficient (Wildman–Crippen LogP) is 3.59. The van der Waals surface area contributed by atoms with Crippen LogP contribution in [-0.4, -0.2) is 6.54 Å². The highest BCUT2D eigenvalue weighted by atomic mass is 19.1. The number of halogens is 3. The van der Waals surface area contributed by atoms with Gasteiger partial charge in [0.2, 0.25) is 0 Å². The van der Waals surface area contributed by atoms with Gasteiger partial charge in [-0.1, -0.05) is 6.92 Å². The Morgan fingerprint density at radius 3 is 2.42 bits per heavy atom. The molecule has 0 aliphatic heterocycles. The van der Waals surface area contributed by atoms with E-state index >= 15 is 0 Å². The standard InChI is InChI=1S/C14H14F3NO/c1-2-18-13(5-9-3-4-19-8-9)14-11(16)6-10(15)7-12(14)17/h3-4,6-8,13,18H,2,5H2,1H3. The van der Waals surface area contributed by atoms with Gasteiger partial charge in [0.25, 0.3) is 0 Å². The van der Waals surface area contributed by atoms with Gasteiger partial charge in [0.05, 0.1) is 12.5 Å². The maximum Gasteiger partial charge on any atom is 0.133 e. The summed E-state index contributed by atoms with van der Waals surface area (Å²) in [6.45, 7) is 2.38. The lowest BCUT2D eigenvalue weighted by Crippen LogP contribution is -2.25. The van der Waals surface area contributed by atoms with Crippen molar-refractivity contribution in [1.29, 1.82) is 0 Å². The Morgan fingerprint density at radius 1 is 1.21 bits per heavy atom. The molecule has 0 amide bonds. The van der Waals surface area contributed by atoms with Gasteiger partial charge in [0.1, 0.15) is 17.5 Å². The summed E-state index contributed by atoms with van der Waals surface area (Å²) in [6, 6.07) is 2.54. The van der Waals surface area contributed by atoms with E-state index in [1.807, 2.05) is 6.92 Å². The third-order valence-corrected chi connectivity index (χ3v) is 2.86. The lowest BCUT2D eigenvalue weighted by molar-refractivity contribution is 0.460. The molecule has 1 heterocycles. The molecule has 1 unspecified atom stereocenters. The number of hydrogen-bond donors (Lipinski definition) is 1. The van der Waals surface area contributed by atoms with Crippen LogP contribution in [0.25, 0.3) is 0 Å². The highest BCUT2D eigenvalue weighted by Gasteiger charge is 2.21. The monoisotopic (exact) mass is 269 g/mol. The highest BCUT2D eigenvalue weighted by Crippen LogP contribution is 2.25. The second-order valence-corrected chi connectivity index (χ2v) is 4.23. The number of furan rings is 1. The van der Waals surface area contributed by atoms with Gasteiger partial charge in [-0.05, 0) is 24.6 Å². The highest BCUT2D eigenvalue weighted by molar-refractivity contribution is 5.26. The molecular formula is C14H14F3NO. The maximum absolute atomic E-state index is 13.8. The molecule has 2 aromatic rings. The molecule has 5 heteroatoms. The molecular weight excluding hydrogens is 255 g/mol. The average Bonchev–Trinajstić information content (AvgIpc) is 2.80. The molecule has 102 valence electrons. The van der Waals surface area contributed by atoms with Gasteiger partial charge in [0.15, 0.2) is 0 Å². The minimum Gasteiger partial charge on any atom is -0.472 e. The first-order valence-electron chi connectivity index (χ1n) is 6.00. The third-order valence-electron chi connectivity index (χ3n) is 2.86. The van der Waals surface area contributed by atoms with Gasteiger partial charge in [0, 0.05) is 23.7 Å². The predicted molar refractivity (Wildman–Crippen MR) is 65.1 cm³/mol. The lowest BCUT2D eigenvalue weighted by atomic mass is 9.99. The summed E-state index contributed by atoms with van der Waals surface area (Å²) >= 11 is 0. The van der Waals surface area contributed by atoms with Crippen molar-refractivity contribution >= 4 is 0 Å². The average molecular weight is 269 g/mol. The molecule has 1 aromatic heterocycles. The number of hydrogen-bond acceptors (Lipinski definition) is 2. The molecule has 0 fully saturated rings. The van der Waals surface area contributed by atoms with Crippen molar-refractivity contribution in [3.63, 3.8) is 0 Å². The second kappa shape index (κ2) is 5.93. The molecule has 19 heavy (non-hydrogen) atoms. The lowest BCUT2D eigenvalue weighted by Gasteiger charge is -2.19. The molecule has 1 aromatic carbocycles. The van der Waals surface area contributed by atoms with Crippen LogP contribution in [-0.2, 0) is 6.42 Å². The van der Waals surface area contributed by atoms with E-state index in [0.29, 0.717) is 25.1 Å². The van der Waals surface area contributed by atoms with E-state index in [2.05, 4.69) is 5.32 Å². The minimum absolute atomic E-state index is 0.149. The largest absolute Gasteiger partial charge is 0.472 e. The van der Waals surface area contributed by atoms with Crippen LogP contribution in [0.3, 0.4) is 0 Å². The van der Waals surface area contributed by atoms with Crippen LogP contribution in [0.4, 0.5) is 13.2 Å². The van der Waals surface area contributed by atoms with E-state index in [1.165, 1.54) is 12.5 Å². The van der Waals surface area contributed by atoms with Crippen molar-refractivity contribution in [2.75, 3.05) is 6.54 Å². The second-order valence-electron chi connectivity index (χ2n) is 4.23. The number of nitrogens with one attached hydrogen (secondary N) is 1. The number of rotatable bonds is 5. The smallest absolute Gasteiger partial charge is 0.133 e. The molecule has 0 radical (unpaired) electrons. The molecule has 0 saturated heterocycles. The Labute approximate surface area is 109 Å². The fourth-order valence-corrected chi connectivity index (χ4v) is 2.05. The van der Waals surface area contributed by atoms with E-state index in [-0.39, 0.29) is 5.56 Å². The van der Waals surface area contributed by atoms with Crippen LogP contribution in [0.5, 0.6) is 0 Å². The fourth-order valence-electron chi connectivity index (χ4n) is 2.05. The number of likely N-dealkylation sites (N-methyl/N-ethyl adjacent to an activating group) is 1. The van der Waals surface area contributed by atoms with E-state index in [0.717, 1.165) is 5.56 Å². The van der Waals surface area contributed by atoms with Gasteiger partial charge in [-0.25, -0.2) is 13.2 Å². The normalized spacial score (nSPS) is 12.6. The van der Waals surface area contributed by atoms with Crippen LogP contribution in [0, 0.1) is 17.5 Å². The van der Waals surface area contributed by atoms with Crippen molar-refractivity contribution in [1.82, 2.24) is 5.32 Å². The number of benzene rings is 1. The van der Waals surface area contributed by atoms with E-state index in [1.54, 1.807) is 6.07 Å². The van der Waals surface area contributed by atoms with Crippen LogP contribution in [0.15, 0.2) is 35.1 Å². The van der Waals surface area contributed by atoms with Gasteiger partial charge >= 0.3 is 0 Å². The van der Waals surface area contributed by atoms with Crippen LogP contribution in [0.2, 0.25) is 0 Å².